The first-order valence-corrected chi connectivity index (χ1v) is 15.0. The third kappa shape index (κ3) is 10.6. The van der Waals surface area contributed by atoms with E-state index < -0.39 is 18.5 Å². The van der Waals surface area contributed by atoms with Crippen molar-refractivity contribution >= 4 is 5.97 Å². The maximum absolute atomic E-state index is 12.2. The zero-order chi connectivity index (χ0) is 26.3. The van der Waals surface area contributed by atoms with Crippen LogP contribution in [0, 0.1) is 11.8 Å². The minimum atomic E-state index is -1.13. The molecular weight excluding hydrogens is 472 g/mol. The first kappa shape index (κ1) is 30.0. The molecule has 2 N–H and O–H groups in total. The Kier molecular flexibility index (Phi) is 13.9. The van der Waals surface area contributed by atoms with E-state index in [1.54, 1.807) is 0 Å². The van der Waals surface area contributed by atoms with Crippen LogP contribution in [0.1, 0.15) is 116 Å². The molecule has 37 heavy (non-hydrogen) atoms. The van der Waals surface area contributed by atoms with Crippen LogP contribution in [0.5, 0.6) is 0 Å². The number of carboxylic acids is 1. The lowest BCUT2D eigenvalue weighted by Crippen LogP contribution is -2.27. The number of hydrogen-bond donors (Lipinski definition) is 2. The van der Waals surface area contributed by atoms with E-state index in [9.17, 15) is 15.0 Å². The van der Waals surface area contributed by atoms with Crippen LogP contribution >= 0.6 is 0 Å². The fourth-order valence-electron chi connectivity index (χ4n) is 5.71. The van der Waals surface area contributed by atoms with Gasteiger partial charge in [-0.15, -0.1) is 0 Å². The average molecular weight is 523 g/mol. The monoisotopic (exact) mass is 522 g/mol. The van der Waals surface area contributed by atoms with Crippen LogP contribution in [0.2, 0.25) is 0 Å². The number of ether oxygens (including phenoxy) is 4. The molecule has 3 rings (SSSR count). The van der Waals surface area contributed by atoms with E-state index in [0.29, 0.717) is 37.7 Å². The van der Waals surface area contributed by atoms with E-state index in [1.807, 2.05) is 0 Å². The largest absolute Gasteiger partial charge is 0.475 e. The number of carbonyl (C=O) groups is 1. The van der Waals surface area contributed by atoms with Crippen LogP contribution < -0.4 is 0 Å². The summed E-state index contributed by atoms with van der Waals surface area (Å²) in [5, 5.41) is 20.6. The summed E-state index contributed by atoms with van der Waals surface area (Å²) < 4.78 is 23.3. The number of aliphatic hydroxyl groups excluding tert-OH is 1. The highest BCUT2D eigenvalue weighted by Gasteiger charge is 2.33. The molecule has 1 aliphatic carbocycles. The van der Waals surface area contributed by atoms with Gasteiger partial charge in [-0.25, -0.2) is 4.79 Å². The summed E-state index contributed by atoms with van der Waals surface area (Å²) in [5.41, 5.74) is 0. The van der Waals surface area contributed by atoms with Gasteiger partial charge in [-0.2, -0.15) is 0 Å². The Morgan fingerprint density at radius 3 is 2.27 bits per heavy atom. The summed E-state index contributed by atoms with van der Waals surface area (Å²) in [7, 11) is 0. The standard InChI is InChI=1S/C30H50O7/c1-2-3-4-5-6-7-14-23-19-20-25(31)24(23)15-8-9-16-26(36-27-17-10-12-21-34-27)29(30(32)33)37-28-18-11-13-22-35-28/h7,14,23-25,27-28,31H,2-6,8-13,15-22H2,1H3,(H,32,33)/b14-7+,29-26+/t23-,24+,25-,27?,28?/m0/s1. The van der Waals surface area contributed by atoms with Crippen LogP contribution in [0.15, 0.2) is 23.7 Å². The zero-order valence-electron chi connectivity index (χ0n) is 22.9. The minimum Gasteiger partial charge on any atom is -0.475 e. The Morgan fingerprint density at radius 1 is 0.892 bits per heavy atom. The molecule has 0 spiro atoms. The molecule has 2 aliphatic heterocycles. The normalized spacial score (nSPS) is 29.3. The molecule has 3 fully saturated rings. The van der Waals surface area contributed by atoms with Crippen molar-refractivity contribution in [2.24, 2.45) is 11.8 Å². The molecule has 212 valence electrons. The molecular formula is C30H50O7. The summed E-state index contributed by atoms with van der Waals surface area (Å²) in [4.78, 5) is 12.2. The predicted molar refractivity (Wildman–Crippen MR) is 143 cm³/mol. The van der Waals surface area contributed by atoms with Crippen molar-refractivity contribution in [3.05, 3.63) is 23.7 Å². The number of aliphatic carboxylic acids is 1. The summed E-state index contributed by atoms with van der Waals surface area (Å²) in [6, 6.07) is 0. The van der Waals surface area contributed by atoms with Crippen molar-refractivity contribution < 1.29 is 34.0 Å². The maximum atomic E-state index is 12.2. The summed E-state index contributed by atoms with van der Waals surface area (Å²) >= 11 is 0. The SMILES string of the molecule is CCCCCC/C=C/[C@H]1CC[C@H](O)[C@@H]1CCCC/C(OC1CCCCO1)=C(\OC1CCCCO1)C(=O)O. The van der Waals surface area contributed by atoms with Gasteiger partial charge >= 0.3 is 5.97 Å². The topological polar surface area (TPSA) is 94.5 Å². The maximum Gasteiger partial charge on any atom is 0.374 e. The average Bonchev–Trinajstić information content (AvgIpc) is 3.26. The Labute approximate surface area is 223 Å². The molecule has 2 unspecified atom stereocenters. The van der Waals surface area contributed by atoms with Crippen molar-refractivity contribution in [2.45, 2.75) is 135 Å². The van der Waals surface area contributed by atoms with E-state index in [2.05, 4.69) is 19.1 Å². The fourth-order valence-corrected chi connectivity index (χ4v) is 5.71. The number of aliphatic hydroxyl groups is 1. The van der Waals surface area contributed by atoms with Crippen molar-refractivity contribution in [3.63, 3.8) is 0 Å². The Bertz CT molecular complexity index is 707. The molecule has 2 heterocycles. The van der Waals surface area contributed by atoms with Gasteiger partial charge in [0.15, 0.2) is 12.6 Å². The fraction of sp³-hybridized carbons (Fsp3) is 0.833. The molecule has 2 saturated heterocycles. The molecule has 0 amide bonds. The van der Waals surface area contributed by atoms with Gasteiger partial charge in [0.1, 0.15) is 5.76 Å². The van der Waals surface area contributed by atoms with E-state index in [4.69, 9.17) is 18.9 Å². The molecule has 7 heteroatoms. The minimum absolute atomic E-state index is 0.147. The highest BCUT2D eigenvalue weighted by atomic mass is 16.7. The Morgan fingerprint density at radius 2 is 1.62 bits per heavy atom. The number of unbranched alkanes of at least 4 members (excludes halogenated alkanes) is 5. The first-order valence-electron chi connectivity index (χ1n) is 15.0. The molecule has 0 aromatic carbocycles. The Balaban J connectivity index is 1.55. The number of allylic oxidation sites excluding steroid dienone is 3. The second-order valence-electron chi connectivity index (χ2n) is 10.9. The number of carboxylic acid groups (broad SMARTS) is 1. The molecule has 7 nitrogen and oxygen atoms in total. The van der Waals surface area contributed by atoms with Crippen LogP contribution in [-0.4, -0.2) is 48.1 Å². The van der Waals surface area contributed by atoms with Gasteiger partial charge in [0.2, 0.25) is 5.76 Å². The second kappa shape index (κ2) is 17.1. The predicted octanol–water partition coefficient (Wildman–Crippen LogP) is 6.84. The van der Waals surface area contributed by atoms with E-state index in [0.717, 1.165) is 70.6 Å². The zero-order valence-corrected chi connectivity index (χ0v) is 22.9. The van der Waals surface area contributed by atoms with Crippen molar-refractivity contribution in [3.8, 4) is 0 Å². The van der Waals surface area contributed by atoms with Crippen molar-refractivity contribution in [2.75, 3.05) is 13.2 Å². The highest BCUT2D eigenvalue weighted by Crippen LogP contribution is 2.37. The Hall–Kier alpha value is -1.57. The number of hydrogen-bond acceptors (Lipinski definition) is 6. The molecule has 0 bridgehead atoms. The molecule has 1 saturated carbocycles. The smallest absolute Gasteiger partial charge is 0.374 e. The van der Waals surface area contributed by atoms with E-state index in [-0.39, 0.29) is 17.8 Å². The summed E-state index contributed by atoms with van der Waals surface area (Å²) in [6.07, 6.45) is 19.9. The van der Waals surface area contributed by atoms with Gasteiger partial charge in [0.25, 0.3) is 0 Å². The van der Waals surface area contributed by atoms with Gasteiger partial charge in [0.05, 0.1) is 19.3 Å². The van der Waals surface area contributed by atoms with E-state index >= 15 is 0 Å². The molecule has 0 aromatic heterocycles. The summed E-state index contributed by atoms with van der Waals surface area (Å²) in [5.74, 6) is -0.220. The van der Waals surface area contributed by atoms with Crippen LogP contribution in [-0.2, 0) is 23.7 Å². The van der Waals surface area contributed by atoms with Gasteiger partial charge in [-0.1, -0.05) is 44.8 Å². The number of rotatable bonds is 16. The van der Waals surface area contributed by atoms with Crippen LogP contribution in [0.3, 0.4) is 0 Å². The quantitative estimate of drug-likeness (QED) is 0.0991. The van der Waals surface area contributed by atoms with Crippen molar-refractivity contribution in [1.29, 1.82) is 0 Å². The molecule has 5 atom stereocenters. The van der Waals surface area contributed by atoms with Gasteiger partial charge in [-0.3, -0.25) is 0 Å². The molecule has 3 aliphatic rings. The third-order valence-corrected chi connectivity index (χ3v) is 7.89. The van der Waals surface area contributed by atoms with Crippen molar-refractivity contribution in [1.82, 2.24) is 0 Å². The lowest BCUT2D eigenvalue weighted by molar-refractivity contribution is -0.170. The third-order valence-electron chi connectivity index (χ3n) is 7.89. The highest BCUT2D eigenvalue weighted by molar-refractivity contribution is 5.84. The van der Waals surface area contributed by atoms with Gasteiger partial charge in [0, 0.05) is 19.3 Å². The summed E-state index contributed by atoms with van der Waals surface area (Å²) in [6.45, 7) is 3.44. The first-order chi connectivity index (χ1) is 18.1. The molecule has 0 radical (unpaired) electrons. The van der Waals surface area contributed by atoms with Crippen LogP contribution in [0.25, 0.3) is 0 Å². The lowest BCUT2D eigenvalue weighted by atomic mass is 9.88. The lowest BCUT2D eigenvalue weighted by Gasteiger charge is -2.28. The van der Waals surface area contributed by atoms with E-state index in [1.165, 1.54) is 25.7 Å². The second-order valence-corrected chi connectivity index (χ2v) is 10.9. The van der Waals surface area contributed by atoms with Gasteiger partial charge in [-0.05, 0) is 76.0 Å². The van der Waals surface area contributed by atoms with Crippen LogP contribution in [0.4, 0.5) is 0 Å². The van der Waals surface area contributed by atoms with Gasteiger partial charge < -0.3 is 29.2 Å². The molecule has 0 aromatic rings.